The summed E-state index contributed by atoms with van der Waals surface area (Å²) in [6.07, 6.45) is 0. The molecule has 1 aliphatic rings. The fourth-order valence-electron chi connectivity index (χ4n) is 4.21. The lowest BCUT2D eigenvalue weighted by atomic mass is 10.2. The molecule has 1 aromatic carbocycles. The Hall–Kier alpha value is -3.17. The van der Waals surface area contributed by atoms with Gasteiger partial charge in [0.05, 0.1) is 22.2 Å². The summed E-state index contributed by atoms with van der Waals surface area (Å²) >= 11 is 7.61. The van der Waals surface area contributed by atoms with Gasteiger partial charge < -0.3 is 14.5 Å². The minimum atomic E-state index is -0.649. The van der Waals surface area contributed by atoms with E-state index in [0.717, 1.165) is 10.2 Å². The Kier molecular flexibility index (Phi) is 5.46. The molecule has 10 heteroatoms. The van der Waals surface area contributed by atoms with Crippen molar-refractivity contribution in [2.75, 3.05) is 37.7 Å². The number of rotatable bonds is 3. The lowest BCUT2D eigenvalue weighted by Gasteiger charge is -2.35. The number of hydrogen-bond donors (Lipinski definition) is 0. The van der Waals surface area contributed by atoms with E-state index in [-0.39, 0.29) is 18.1 Å². The smallest absolute Gasteiger partial charge is 0.345 e. The molecule has 0 atom stereocenters. The second kappa shape index (κ2) is 8.31. The van der Waals surface area contributed by atoms with Crippen LogP contribution in [-0.2, 0) is 9.53 Å². The molecule has 0 unspecified atom stereocenters. The molecule has 4 heterocycles. The van der Waals surface area contributed by atoms with E-state index < -0.39 is 11.4 Å². The second-order valence-corrected chi connectivity index (χ2v) is 9.28. The number of aromatic nitrogens is 2. The Morgan fingerprint density at radius 3 is 2.61 bits per heavy atom. The summed E-state index contributed by atoms with van der Waals surface area (Å²) in [5, 5.41) is 0.879. The molecule has 1 amide bonds. The summed E-state index contributed by atoms with van der Waals surface area (Å²) in [6.45, 7) is 5.97. The number of anilines is 1. The average Bonchev–Trinajstić information content (AvgIpc) is 3.17. The summed E-state index contributed by atoms with van der Waals surface area (Å²) < 4.78 is 7.90. The first-order chi connectivity index (χ1) is 15.9. The molecule has 0 aliphatic carbocycles. The number of ether oxygens (including phenoxy) is 1. The number of hydrogen-bond acceptors (Lipinski definition) is 7. The predicted molar refractivity (Wildman–Crippen MR) is 130 cm³/mol. The number of thiazole rings is 1. The van der Waals surface area contributed by atoms with Gasteiger partial charge in [-0.3, -0.25) is 14.0 Å². The number of esters is 1. The fourth-order valence-corrected chi connectivity index (χ4v) is 5.53. The van der Waals surface area contributed by atoms with E-state index >= 15 is 0 Å². The topological polar surface area (TPSA) is 84.2 Å². The van der Waals surface area contributed by atoms with Crippen LogP contribution in [0.15, 0.2) is 35.1 Å². The van der Waals surface area contributed by atoms with Crippen LogP contribution in [0.25, 0.3) is 26.1 Å². The Morgan fingerprint density at radius 2 is 1.91 bits per heavy atom. The first-order valence-corrected chi connectivity index (χ1v) is 11.8. The van der Waals surface area contributed by atoms with Gasteiger partial charge in [-0.05, 0) is 37.3 Å². The summed E-state index contributed by atoms with van der Waals surface area (Å²) in [6, 6.07) is 8.94. The number of halogens is 1. The lowest BCUT2D eigenvalue weighted by molar-refractivity contribution is -0.129. The first kappa shape index (κ1) is 21.7. The van der Waals surface area contributed by atoms with Crippen molar-refractivity contribution in [1.82, 2.24) is 14.3 Å². The number of amides is 1. The van der Waals surface area contributed by atoms with Gasteiger partial charge in [0, 0.05) is 38.1 Å². The number of fused-ring (bicyclic) bond motifs is 5. The second-order valence-electron chi connectivity index (χ2n) is 7.81. The molecule has 1 saturated heterocycles. The van der Waals surface area contributed by atoms with Crippen LogP contribution in [0.5, 0.6) is 0 Å². The van der Waals surface area contributed by atoms with Gasteiger partial charge in [-0.2, -0.15) is 0 Å². The third kappa shape index (κ3) is 3.61. The minimum absolute atomic E-state index is 0.00583. The molecule has 0 bridgehead atoms. The van der Waals surface area contributed by atoms with E-state index in [1.807, 2.05) is 10.5 Å². The van der Waals surface area contributed by atoms with E-state index in [1.54, 1.807) is 43.0 Å². The zero-order valence-electron chi connectivity index (χ0n) is 18.1. The van der Waals surface area contributed by atoms with Gasteiger partial charge in [-0.15, -0.1) is 11.3 Å². The van der Waals surface area contributed by atoms with Gasteiger partial charge in [0.2, 0.25) is 11.3 Å². The van der Waals surface area contributed by atoms with Gasteiger partial charge in [0.15, 0.2) is 5.65 Å². The third-order valence-corrected chi connectivity index (χ3v) is 7.24. The van der Waals surface area contributed by atoms with E-state index in [4.69, 9.17) is 21.3 Å². The number of carbonyl (C=O) groups excluding carboxylic acids is 2. The van der Waals surface area contributed by atoms with Crippen LogP contribution in [0.3, 0.4) is 0 Å². The predicted octanol–water partition coefficient (Wildman–Crippen LogP) is 3.56. The molecule has 5 rings (SSSR count). The van der Waals surface area contributed by atoms with Gasteiger partial charge >= 0.3 is 5.97 Å². The first-order valence-electron chi connectivity index (χ1n) is 10.6. The highest BCUT2D eigenvalue weighted by Gasteiger charge is 2.25. The Labute approximate surface area is 197 Å². The maximum absolute atomic E-state index is 13.4. The molecule has 0 spiro atoms. The zero-order chi connectivity index (χ0) is 23.3. The van der Waals surface area contributed by atoms with Crippen molar-refractivity contribution in [3.05, 3.63) is 51.1 Å². The van der Waals surface area contributed by atoms with Gasteiger partial charge in [0.25, 0.3) is 0 Å². The monoisotopic (exact) mass is 484 g/mol. The van der Waals surface area contributed by atoms with Crippen LogP contribution in [0.1, 0.15) is 24.2 Å². The maximum atomic E-state index is 13.4. The Balaban J connectivity index is 1.75. The summed E-state index contributed by atoms with van der Waals surface area (Å²) in [7, 11) is 0. The Bertz CT molecular complexity index is 1490. The Morgan fingerprint density at radius 1 is 1.15 bits per heavy atom. The van der Waals surface area contributed by atoms with Gasteiger partial charge in [-0.25, -0.2) is 9.78 Å². The van der Waals surface area contributed by atoms with Crippen molar-refractivity contribution in [2.24, 2.45) is 0 Å². The van der Waals surface area contributed by atoms with Crippen molar-refractivity contribution in [2.45, 2.75) is 13.8 Å². The molecule has 170 valence electrons. The maximum Gasteiger partial charge on any atom is 0.345 e. The molecule has 3 aromatic heterocycles. The van der Waals surface area contributed by atoms with E-state index in [0.29, 0.717) is 52.9 Å². The molecule has 0 N–H and O–H groups in total. The highest BCUT2D eigenvalue weighted by Crippen LogP contribution is 2.33. The van der Waals surface area contributed by atoms with Crippen LogP contribution in [-0.4, -0.2) is 58.9 Å². The van der Waals surface area contributed by atoms with Gasteiger partial charge in [-0.1, -0.05) is 11.6 Å². The molecule has 0 saturated carbocycles. The number of pyridine rings is 2. The average molecular weight is 485 g/mol. The fraction of sp³-hybridized carbons (Fsp3) is 0.304. The van der Waals surface area contributed by atoms with Crippen molar-refractivity contribution in [3.8, 4) is 0 Å². The lowest BCUT2D eigenvalue weighted by Crippen LogP contribution is -2.48. The van der Waals surface area contributed by atoms with E-state index in [2.05, 4.69) is 4.90 Å². The quantitative estimate of drug-likeness (QED) is 0.413. The summed E-state index contributed by atoms with van der Waals surface area (Å²) in [5.41, 5.74) is 0.833. The summed E-state index contributed by atoms with van der Waals surface area (Å²) in [5.74, 6) is 0.121. The number of piperazine rings is 1. The zero-order valence-corrected chi connectivity index (χ0v) is 19.7. The van der Waals surface area contributed by atoms with Crippen LogP contribution < -0.4 is 10.3 Å². The van der Waals surface area contributed by atoms with Crippen LogP contribution in [0.4, 0.5) is 5.82 Å². The molecule has 1 aliphatic heterocycles. The standard InChI is InChI=1S/C23H21ClN4O4S/c1-3-32-23(31)19-20(30)15-5-7-18(27-10-8-26(9-11-27)13(2)29)25-21(15)28-16-12-14(24)4-6-17(16)33-22(19)28/h4-7,12H,3,8-11H2,1-2H3. The van der Waals surface area contributed by atoms with Crippen LogP contribution >= 0.6 is 22.9 Å². The third-order valence-electron chi connectivity index (χ3n) is 5.86. The van der Waals surface area contributed by atoms with Crippen molar-refractivity contribution < 1.29 is 14.3 Å². The van der Waals surface area contributed by atoms with E-state index in [9.17, 15) is 14.4 Å². The molecule has 33 heavy (non-hydrogen) atoms. The number of carbonyl (C=O) groups is 2. The molecule has 4 aromatic rings. The number of nitrogens with zero attached hydrogens (tertiary/aromatic N) is 4. The SMILES string of the molecule is CCOC(=O)c1c(=O)c2ccc(N3CCN(C(C)=O)CC3)nc2n2c1sc1ccc(Cl)cc12. The normalized spacial score (nSPS) is 14.4. The van der Waals surface area contributed by atoms with Crippen molar-refractivity contribution in [1.29, 1.82) is 0 Å². The highest BCUT2D eigenvalue weighted by atomic mass is 35.5. The van der Waals surface area contributed by atoms with Crippen molar-refractivity contribution in [3.63, 3.8) is 0 Å². The largest absolute Gasteiger partial charge is 0.462 e. The minimum Gasteiger partial charge on any atom is -0.462 e. The van der Waals surface area contributed by atoms with Gasteiger partial charge in [0.1, 0.15) is 16.2 Å². The van der Waals surface area contributed by atoms with Crippen molar-refractivity contribution >= 4 is 66.7 Å². The molecule has 8 nitrogen and oxygen atoms in total. The van der Waals surface area contributed by atoms with Crippen LogP contribution in [0, 0.1) is 0 Å². The van der Waals surface area contributed by atoms with E-state index in [1.165, 1.54) is 11.3 Å². The highest BCUT2D eigenvalue weighted by molar-refractivity contribution is 7.24. The molecular weight excluding hydrogens is 464 g/mol. The number of benzene rings is 1. The summed E-state index contributed by atoms with van der Waals surface area (Å²) in [4.78, 5) is 47.0. The molecular formula is C23H21ClN4O4S. The van der Waals surface area contributed by atoms with Crippen LogP contribution in [0.2, 0.25) is 5.02 Å². The molecule has 1 fully saturated rings. The molecule has 0 radical (unpaired) electrons.